The fourth-order valence-corrected chi connectivity index (χ4v) is 2.90. The second kappa shape index (κ2) is 18.5. The largest absolute Gasteiger partial charge is 0.462 e. The lowest BCUT2D eigenvalue weighted by Gasteiger charge is -2.07. The minimum atomic E-state index is -0.182. The van der Waals surface area contributed by atoms with Crippen LogP contribution in [-0.2, 0) is 9.53 Å². The molecule has 0 fully saturated rings. The van der Waals surface area contributed by atoms with Crippen LogP contribution in [0.3, 0.4) is 0 Å². The van der Waals surface area contributed by atoms with Gasteiger partial charge in [0, 0.05) is 5.57 Å². The molecule has 0 aromatic carbocycles. The third kappa shape index (κ3) is 16.1. The van der Waals surface area contributed by atoms with Crippen molar-refractivity contribution in [2.75, 3.05) is 6.61 Å². The molecule has 0 saturated carbocycles. The minimum Gasteiger partial charge on any atom is -0.462 e. The van der Waals surface area contributed by atoms with Crippen molar-refractivity contribution in [3.8, 4) is 0 Å². The summed E-state index contributed by atoms with van der Waals surface area (Å²) in [6.45, 7) is 8.88. The molecule has 142 valence electrons. The number of ether oxygens (including phenoxy) is 1. The van der Waals surface area contributed by atoms with Crippen molar-refractivity contribution in [1.29, 1.82) is 0 Å². The summed E-state index contributed by atoms with van der Waals surface area (Å²) in [5.74, 6) is -0.182. The maximum atomic E-state index is 11.8. The summed E-state index contributed by atoms with van der Waals surface area (Å²) in [6.07, 6.45) is 20.0. The van der Waals surface area contributed by atoms with Crippen LogP contribution in [0.5, 0.6) is 0 Å². The van der Waals surface area contributed by atoms with E-state index in [0.29, 0.717) is 12.2 Å². The van der Waals surface area contributed by atoms with Gasteiger partial charge in [-0.3, -0.25) is 0 Å². The highest BCUT2D eigenvalue weighted by Gasteiger charge is 2.07. The van der Waals surface area contributed by atoms with Gasteiger partial charge in [-0.15, -0.1) is 0 Å². The molecule has 0 unspecified atom stereocenters. The fourth-order valence-electron chi connectivity index (χ4n) is 2.90. The molecule has 2 nitrogen and oxygen atoms in total. The average molecular weight is 339 g/mol. The van der Waals surface area contributed by atoms with E-state index in [9.17, 15) is 4.79 Å². The van der Waals surface area contributed by atoms with Gasteiger partial charge in [-0.1, -0.05) is 104 Å². The first-order valence-corrected chi connectivity index (χ1v) is 10.6. The summed E-state index contributed by atoms with van der Waals surface area (Å²) in [5.41, 5.74) is 0.654. The normalized spacial score (nSPS) is 10.8. The average Bonchev–Trinajstić information content (AvgIpc) is 2.59. The van der Waals surface area contributed by atoms with Gasteiger partial charge in [-0.25, -0.2) is 4.79 Å². The summed E-state index contributed by atoms with van der Waals surface area (Å²) >= 11 is 0. The first-order valence-electron chi connectivity index (χ1n) is 10.6. The molecular formula is C22H42O2. The van der Waals surface area contributed by atoms with E-state index in [0.717, 1.165) is 25.7 Å². The number of carbonyl (C=O) groups is 1. The van der Waals surface area contributed by atoms with Gasteiger partial charge in [0.2, 0.25) is 0 Å². The van der Waals surface area contributed by atoms with E-state index >= 15 is 0 Å². The molecule has 0 rings (SSSR count). The SMILES string of the molecule is C=C(CCCCCCCCCCCCC)C(=O)OCCCCCC. The molecule has 0 bridgehead atoms. The van der Waals surface area contributed by atoms with Gasteiger partial charge in [-0.05, 0) is 19.3 Å². The summed E-state index contributed by atoms with van der Waals surface area (Å²) in [4.78, 5) is 11.8. The molecule has 0 aliphatic rings. The van der Waals surface area contributed by atoms with Crippen molar-refractivity contribution in [2.45, 2.75) is 117 Å². The first kappa shape index (κ1) is 23.2. The molecule has 0 aromatic rings. The second-order valence-electron chi connectivity index (χ2n) is 7.09. The van der Waals surface area contributed by atoms with Crippen LogP contribution in [0.4, 0.5) is 0 Å². The van der Waals surface area contributed by atoms with Crippen LogP contribution < -0.4 is 0 Å². The zero-order valence-corrected chi connectivity index (χ0v) is 16.5. The first-order chi connectivity index (χ1) is 11.7. The monoisotopic (exact) mass is 338 g/mol. The zero-order chi connectivity index (χ0) is 17.9. The summed E-state index contributed by atoms with van der Waals surface area (Å²) in [5, 5.41) is 0. The topological polar surface area (TPSA) is 26.3 Å². The summed E-state index contributed by atoms with van der Waals surface area (Å²) in [6, 6.07) is 0. The third-order valence-corrected chi connectivity index (χ3v) is 4.60. The standard InChI is InChI=1S/C22H42O2/c1-4-6-8-10-11-12-13-14-15-16-17-19-21(3)22(23)24-20-18-9-7-5-2/h3-20H2,1-2H3. The lowest BCUT2D eigenvalue weighted by Crippen LogP contribution is -2.08. The Balaban J connectivity index is 3.31. The van der Waals surface area contributed by atoms with E-state index < -0.39 is 0 Å². The van der Waals surface area contributed by atoms with Crippen molar-refractivity contribution in [2.24, 2.45) is 0 Å². The van der Waals surface area contributed by atoms with Crippen LogP contribution in [-0.4, -0.2) is 12.6 Å². The summed E-state index contributed by atoms with van der Waals surface area (Å²) in [7, 11) is 0. The Morgan fingerprint density at radius 1 is 0.667 bits per heavy atom. The Labute approximate surface area is 151 Å². The van der Waals surface area contributed by atoms with Crippen molar-refractivity contribution < 1.29 is 9.53 Å². The number of esters is 1. The van der Waals surface area contributed by atoms with Crippen LogP contribution in [0, 0.1) is 0 Å². The highest BCUT2D eigenvalue weighted by atomic mass is 16.5. The van der Waals surface area contributed by atoms with Gasteiger partial charge in [0.25, 0.3) is 0 Å². The Morgan fingerprint density at radius 2 is 1.08 bits per heavy atom. The molecule has 0 radical (unpaired) electrons. The van der Waals surface area contributed by atoms with Gasteiger partial charge < -0.3 is 4.74 Å². The van der Waals surface area contributed by atoms with Gasteiger partial charge in [0.05, 0.1) is 6.61 Å². The number of unbranched alkanes of at least 4 members (excludes halogenated alkanes) is 13. The van der Waals surface area contributed by atoms with E-state index in [1.54, 1.807) is 0 Å². The van der Waals surface area contributed by atoms with Crippen LogP contribution in [0.1, 0.15) is 117 Å². The molecule has 0 aromatic heterocycles. The molecular weight excluding hydrogens is 296 g/mol. The smallest absolute Gasteiger partial charge is 0.333 e. The predicted octanol–water partition coefficient (Wildman–Crippen LogP) is 7.37. The third-order valence-electron chi connectivity index (χ3n) is 4.60. The zero-order valence-electron chi connectivity index (χ0n) is 16.5. The van der Waals surface area contributed by atoms with E-state index in [2.05, 4.69) is 20.4 Å². The van der Waals surface area contributed by atoms with Crippen molar-refractivity contribution in [3.05, 3.63) is 12.2 Å². The molecule has 0 N–H and O–H groups in total. The van der Waals surface area contributed by atoms with E-state index in [1.165, 1.54) is 77.0 Å². The Kier molecular flexibility index (Phi) is 17.9. The molecule has 0 heterocycles. The molecule has 0 spiro atoms. The minimum absolute atomic E-state index is 0.182. The maximum Gasteiger partial charge on any atom is 0.333 e. The quantitative estimate of drug-likeness (QED) is 0.148. The molecule has 0 saturated heterocycles. The molecule has 24 heavy (non-hydrogen) atoms. The van der Waals surface area contributed by atoms with E-state index in [-0.39, 0.29) is 5.97 Å². The molecule has 0 aliphatic carbocycles. The Hall–Kier alpha value is -0.790. The van der Waals surface area contributed by atoms with Crippen LogP contribution in [0.2, 0.25) is 0 Å². The lowest BCUT2D eigenvalue weighted by molar-refractivity contribution is -0.139. The summed E-state index contributed by atoms with van der Waals surface area (Å²) < 4.78 is 5.26. The van der Waals surface area contributed by atoms with Crippen LogP contribution in [0.25, 0.3) is 0 Å². The highest BCUT2D eigenvalue weighted by molar-refractivity contribution is 5.87. The maximum absolute atomic E-state index is 11.8. The number of hydrogen-bond donors (Lipinski definition) is 0. The van der Waals surface area contributed by atoms with Crippen LogP contribution in [0.15, 0.2) is 12.2 Å². The molecule has 0 atom stereocenters. The van der Waals surface area contributed by atoms with Gasteiger partial charge in [-0.2, -0.15) is 0 Å². The number of carbonyl (C=O) groups excluding carboxylic acids is 1. The van der Waals surface area contributed by atoms with E-state index in [4.69, 9.17) is 4.74 Å². The second-order valence-corrected chi connectivity index (χ2v) is 7.09. The fraction of sp³-hybridized carbons (Fsp3) is 0.864. The van der Waals surface area contributed by atoms with E-state index in [1.807, 2.05) is 0 Å². The molecule has 0 aliphatic heterocycles. The van der Waals surface area contributed by atoms with Gasteiger partial charge in [0.15, 0.2) is 0 Å². The van der Waals surface area contributed by atoms with Crippen molar-refractivity contribution >= 4 is 5.97 Å². The highest BCUT2D eigenvalue weighted by Crippen LogP contribution is 2.14. The Bertz CT molecular complexity index is 296. The van der Waals surface area contributed by atoms with Crippen LogP contribution >= 0.6 is 0 Å². The van der Waals surface area contributed by atoms with Crippen molar-refractivity contribution in [1.82, 2.24) is 0 Å². The van der Waals surface area contributed by atoms with Gasteiger partial charge >= 0.3 is 5.97 Å². The van der Waals surface area contributed by atoms with Gasteiger partial charge in [0.1, 0.15) is 0 Å². The number of rotatable bonds is 18. The molecule has 2 heteroatoms. The lowest BCUT2D eigenvalue weighted by atomic mass is 10.0. The Morgan fingerprint density at radius 3 is 1.58 bits per heavy atom. The number of hydrogen-bond acceptors (Lipinski definition) is 2. The predicted molar refractivity (Wildman–Crippen MR) is 105 cm³/mol. The van der Waals surface area contributed by atoms with Crippen molar-refractivity contribution in [3.63, 3.8) is 0 Å². The molecule has 0 amide bonds.